The number of ether oxygens (including phenoxy) is 1. The van der Waals surface area contributed by atoms with Crippen molar-refractivity contribution < 1.29 is 4.74 Å². The van der Waals surface area contributed by atoms with Gasteiger partial charge in [0.05, 0.1) is 23.2 Å². The molecule has 2 N–H and O–H groups in total. The molecule has 1 unspecified atom stereocenters. The Kier molecular flexibility index (Phi) is 5.95. The van der Waals surface area contributed by atoms with Gasteiger partial charge in [0.25, 0.3) is 0 Å². The lowest BCUT2D eigenvalue weighted by molar-refractivity contribution is 0.0318. The molecular weight excluding hydrogens is 340 g/mol. The number of aryl methyl sites for hydroxylation is 2. The zero-order chi connectivity index (χ0) is 18.6. The van der Waals surface area contributed by atoms with Crippen LogP contribution in [0.1, 0.15) is 43.7 Å². The van der Waals surface area contributed by atoms with Gasteiger partial charge < -0.3 is 15.4 Å². The first-order chi connectivity index (χ1) is 13.2. The molecule has 0 radical (unpaired) electrons. The second-order valence-corrected chi connectivity index (χ2v) is 7.96. The highest BCUT2D eigenvalue weighted by Crippen LogP contribution is 2.23. The third-order valence-corrected chi connectivity index (χ3v) is 6.04. The molecule has 0 aliphatic carbocycles. The van der Waals surface area contributed by atoms with Crippen molar-refractivity contribution in [1.82, 2.24) is 19.8 Å². The third-order valence-electron chi connectivity index (χ3n) is 6.04. The zero-order valence-electron chi connectivity index (χ0n) is 16.4. The molecule has 148 valence electrons. The number of aromatic nitrogens is 2. The Morgan fingerprint density at radius 2 is 1.96 bits per heavy atom. The van der Waals surface area contributed by atoms with E-state index >= 15 is 0 Å². The maximum absolute atomic E-state index is 12.8. The van der Waals surface area contributed by atoms with E-state index in [4.69, 9.17) is 4.74 Å². The summed E-state index contributed by atoms with van der Waals surface area (Å²) in [4.78, 5) is 12.8. The maximum atomic E-state index is 12.8. The summed E-state index contributed by atoms with van der Waals surface area (Å²) in [6.07, 6.45) is 6.88. The second-order valence-electron chi connectivity index (χ2n) is 7.96. The minimum absolute atomic E-state index is 0.102. The smallest absolute Gasteiger partial charge is 0.329 e. The van der Waals surface area contributed by atoms with Gasteiger partial charge in [-0.05, 0) is 75.9 Å². The van der Waals surface area contributed by atoms with Crippen LogP contribution in [0.15, 0.2) is 23.0 Å². The molecule has 6 heteroatoms. The van der Waals surface area contributed by atoms with Crippen LogP contribution in [0.3, 0.4) is 0 Å². The van der Waals surface area contributed by atoms with Gasteiger partial charge in [-0.25, -0.2) is 4.79 Å². The van der Waals surface area contributed by atoms with Crippen molar-refractivity contribution in [3.63, 3.8) is 0 Å². The van der Waals surface area contributed by atoms with Gasteiger partial charge in [-0.3, -0.25) is 9.13 Å². The first-order valence-electron chi connectivity index (χ1n) is 10.5. The van der Waals surface area contributed by atoms with Crippen molar-refractivity contribution in [3.05, 3.63) is 34.2 Å². The Morgan fingerprint density at radius 3 is 2.74 bits per heavy atom. The quantitative estimate of drug-likeness (QED) is 0.761. The maximum Gasteiger partial charge on any atom is 0.329 e. The highest BCUT2D eigenvalue weighted by molar-refractivity contribution is 5.77. The van der Waals surface area contributed by atoms with Crippen molar-refractivity contribution in [2.24, 2.45) is 7.05 Å². The van der Waals surface area contributed by atoms with E-state index in [0.29, 0.717) is 6.10 Å². The molecule has 27 heavy (non-hydrogen) atoms. The Bertz CT molecular complexity index is 813. The van der Waals surface area contributed by atoms with Gasteiger partial charge in [0.15, 0.2) is 0 Å². The fourth-order valence-corrected chi connectivity index (χ4v) is 4.46. The van der Waals surface area contributed by atoms with Gasteiger partial charge in [-0.1, -0.05) is 6.07 Å². The number of piperidine rings is 2. The average Bonchev–Trinajstić information content (AvgIpc) is 2.97. The fraction of sp³-hybridized carbons (Fsp3) is 0.667. The number of hydrogen-bond donors (Lipinski definition) is 2. The molecule has 2 aromatic rings. The summed E-state index contributed by atoms with van der Waals surface area (Å²) in [5.74, 6) is 0. The zero-order valence-corrected chi connectivity index (χ0v) is 16.4. The average molecular weight is 373 g/mol. The SMILES string of the molecule is Cn1c(=O)n(C2CCCNC2)c2cc(CCCOC3CCNCC3)ccc21. The lowest BCUT2D eigenvalue weighted by atomic mass is 10.1. The normalized spacial score (nSPS) is 21.7. The number of nitrogens with one attached hydrogen (secondary N) is 2. The highest BCUT2D eigenvalue weighted by atomic mass is 16.5. The van der Waals surface area contributed by atoms with Crippen LogP contribution in [0.2, 0.25) is 0 Å². The largest absolute Gasteiger partial charge is 0.378 e. The molecule has 1 aromatic heterocycles. The molecule has 3 heterocycles. The van der Waals surface area contributed by atoms with Crippen LogP contribution < -0.4 is 16.3 Å². The van der Waals surface area contributed by atoms with Crippen LogP contribution in [0.4, 0.5) is 0 Å². The monoisotopic (exact) mass is 372 g/mol. The van der Waals surface area contributed by atoms with E-state index in [0.717, 1.165) is 82.3 Å². The Balaban J connectivity index is 1.45. The minimum atomic E-state index is 0.102. The van der Waals surface area contributed by atoms with Crippen LogP contribution in [-0.4, -0.2) is 48.0 Å². The van der Waals surface area contributed by atoms with Gasteiger partial charge in [0, 0.05) is 20.2 Å². The van der Waals surface area contributed by atoms with Crippen LogP contribution in [0, 0.1) is 0 Å². The molecule has 4 rings (SSSR count). The lowest BCUT2D eigenvalue weighted by Crippen LogP contribution is -2.36. The molecule has 0 saturated carbocycles. The first-order valence-corrected chi connectivity index (χ1v) is 10.5. The van der Waals surface area contributed by atoms with Crippen LogP contribution in [0.25, 0.3) is 11.0 Å². The van der Waals surface area contributed by atoms with Gasteiger partial charge in [-0.15, -0.1) is 0 Å². The summed E-state index contributed by atoms with van der Waals surface area (Å²) >= 11 is 0. The molecular formula is C21H32N4O2. The van der Waals surface area contributed by atoms with Gasteiger partial charge in [-0.2, -0.15) is 0 Å². The summed E-state index contributed by atoms with van der Waals surface area (Å²) in [7, 11) is 1.88. The summed E-state index contributed by atoms with van der Waals surface area (Å²) in [6, 6.07) is 6.74. The first kappa shape index (κ1) is 18.7. The van der Waals surface area contributed by atoms with E-state index in [2.05, 4.69) is 28.8 Å². The van der Waals surface area contributed by atoms with Crippen molar-refractivity contribution in [2.45, 2.75) is 50.7 Å². The minimum Gasteiger partial charge on any atom is -0.378 e. The van der Waals surface area contributed by atoms with E-state index in [1.165, 1.54) is 5.56 Å². The molecule has 2 fully saturated rings. The fourth-order valence-electron chi connectivity index (χ4n) is 4.46. The molecule has 0 spiro atoms. The molecule has 1 atom stereocenters. The molecule has 2 saturated heterocycles. The van der Waals surface area contributed by atoms with Gasteiger partial charge in [0.1, 0.15) is 0 Å². The van der Waals surface area contributed by atoms with Gasteiger partial charge >= 0.3 is 5.69 Å². The van der Waals surface area contributed by atoms with E-state index in [1.807, 2.05) is 11.6 Å². The van der Waals surface area contributed by atoms with E-state index in [-0.39, 0.29) is 11.7 Å². The molecule has 2 aliphatic heterocycles. The summed E-state index contributed by atoms with van der Waals surface area (Å²) in [5, 5.41) is 6.80. The highest BCUT2D eigenvalue weighted by Gasteiger charge is 2.21. The van der Waals surface area contributed by atoms with Crippen molar-refractivity contribution >= 4 is 11.0 Å². The summed E-state index contributed by atoms with van der Waals surface area (Å²) in [6.45, 7) is 4.90. The van der Waals surface area contributed by atoms with Crippen LogP contribution in [-0.2, 0) is 18.2 Å². The number of rotatable bonds is 6. The Labute approximate surface area is 160 Å². The Hall–Kier alpha value is -1.63. The van der Waals surface area contributed by atoms with Crippen molar-refractivity contribution in [3.8, 4) is 0 Å². The summed E-state index contributed by atoms with van der Waals surface area (Å²) < 4.78 is 9.82. The molecule has 0 bridgehead atoms. The van der Waals surface area contributed by atoms with Crippen molar-refractivity contribution in [2.75, 3.05) is 32.8 Å². The molecule has 6 nitrogen and oxygen atoms in total. The number of imidazole rings is 1. The topological polar surface area (TPSA) is 60.2 Å². The van der Waals surface area contributed by atoms with E-state index in [1.54, 1.807) is 4.57 Å². The molecule has 2 aliphatic rings. The summed E-state index contributed by atoms with van der Waals surface area (Å²) in [5.41, 5.74) is 3.50. The number of nitrogens with zero attached hydrogens (tertiary/aromatic N) is 2. The van der Waals surface area contributed by atoms with Crippen LogP contribution in [0.5, 0.6) is 0 Å². The number of benzene rings is 1. The molecule has 0 amide bonds. The predicted molar refractivity (Wildman–Crippen MR) is 108 cm³/mol. The molecule has 1 aromatic carbocycles. The lowest BCUT2D eigenvalue weighted by Gasteiger charge is -2.24. The van der Waals surface area contributed by atoms with Crippen molar-refractivity contribution in [1.29, 1.82) is 0 Å². The third kappa shape index (κ3) is 4.13. The number of hydrogen-bond acceptors (Lipinski definition) is 4. The standard InChI is InChI=1S/C21H32N4O2/c1-24-19-7-6-16(4-3-13-27-18-8-11-22-12-9-18)14-20(19)25(21(24)26)17-5-2-10-23-15-17/h6-7,14,17-18,22-23H,2-5,8-13,15H2,1H3. The van der Waals surface area contributed by atoms with E-state index in [9.17, 15) is 4.79 Å². The Morgan fingerprint density at radius 1 is 1.11 bits per heavy atom. The van der Waals surface area contributed by atoms with Gasteiger partial charge in [0.2, 0.25) is 0 Å². The van der Waals surface area contributed by atoms with Crippen LogP contribution >= 0.6 is 0 Å². The number of fused-ring (bicyclic) bond motifs is 1. The second kappa shape index (κ2) is 8.59. The van der Waals surface area contributed by atoms with E-state index < -0.39 is 0 Å². The predicted octanol–water partition coefficient (Wildman–Crippen LogP) is 1.97.